The van der Waals surface area contributed by atoms with E-state index in [0.29, 0.717) is 23.3 Å². The quantitative estimate of drug-likeness (QED) is 0.424. The van der Waals surface area contributed by atoms with Crippen LogP contribution in [0, 0.1) is 0 Å². The normalized spacial score (nSPS) is 12.5. The Bertz CT molecular complexity index is 1160. The van der Waals surface area contributed by atoms with Gasteiger partial charge in [-0.25, -0.2) is 9.97 Å². The zero-order chi connectivity index (χ0) is 18.1. The number of para-hydroxylation sites is 3. The van der Waals surface area contributed by atoms with E-state index >= 15 is 0 Å². The zero-order valence-corrected chi connectivity index (χ0v) is 15.2. The number of benzene rings is 2. The molecule has 0 aliphatic rings. The van der Waals surface area contributed by atoms with Gasteiger partial charge in [-0.15, -0.1) is 6.58 Å². The number of nitrogens with zero attached hydrogens (tertiary/aromatic N) is 3. The van der Waals surface area contributed by atoms with Crippen molar-refractivity contribution in [1.29, 1.82) is 0 Å². The van der Waals surface area contributed by atoms with Gasteiger partial charge in [-0.05, 0) is 31.2 Å². The molecular formula is C20H18N4OS. The third kappa shape index (κ3) is 2.93. The number of nitrogens with one attached hydrogen (secondary N) is 1. The van der Waals surface area contributed by atoms with Gasteiger partial charge >= 0.3 is 0 Å². The van der Waals surface area contributed by atoms with Gasteiger partial charge in [-0.2, -0.15) is 0 Å². The van der Waals surface area contributed by atoms with E-state index in [2.05, 4.69) is 27.2 Å². The monoisotopic (exact) mass is 362 g/mol. The Morgan fingerprint density at radius 3 is 2.69 bits per heavy atom. The zero-order valence-electron chi connectivity index (χ0n) is 14.3. The van der Waals surface area contributed by atoms with E-state index in [0.717, 1.165) is 16.2 Å². The van der Waals surface area contributed by atoms with Crippen molar-refractivity contribution in [2.24, 2.45) is 0 Å². The summed E-state index contributed by atoms with van der Waals surface area (Å²) >= 11 is 1.58. The standard InChI is InChI=1S/C20H18N4OS/c1-3-12-24-17-11-7-6-10-16(17)22-20(24)26-13(2)18-21-15-9-5-4-8-14(15)19(25)23-18/h3-11,13H,1,12H2,2H3,(H,21,23,25). The van der Waals surface area contributed by atoms with Gasteiger partial charge in [0.05, 0.1) is 27.2 Å². The van der Waals surface area contributed by atoms with Crippen LogP contribution in [0.1, 0.15) is 18.0 Å². The van der Waals surface area contributed by atoms with Crippen LogP contribution in [-0.4, -0.2) is 19.5 Å². The molecule has 0 bridgehead atoms. The first-order valence-corrected chi connectivity index (χ1v) is 9.27. The SMILES string of the molecule is C=CCn1c(SC(C)c2nc3ccccc3c(=O)[nH]2)nc2ccccc21. The topological polar surface area (TPSA) is 63.6 Å². The molecule has 26 heavy (non-hydrogen) atoms. The average molecular weight is 362 g/mol. The first-order valence-electron chi connectivity index (χ1n) is 8.39. The fraction of sp³-hybridized carbons (Fsp3) is 0.150. The molecule has 2 aromatic carbocycles. The van der Waals surface area contributed by atoms with Crippen molar-refractivity contribution in [2.45, 2.75) is 23.9 Å². The highest BCUT2D eigenvalue weighted by Crippen LogP contribution is 2.34. The van der Waals surface area contributed by atoms with E-state index in [1.54, 1.807) is 17.8 Å². The van der Waals surface area contributed by atoms with Gasteiger partial charge in [-0.1, -0.05) is 42.1 Å². The summed E-state index contributed by atoms with van der Waals surface area (Å²) in [5.41, 5.74) is 2.61. The maximum atomic E-state index is 12.3. The third-order valence-electron chi connectivity index (χ3n) is 4.23. The lowest BCUT2D eigenvalue weighted by atomic mass is 10.2. The van der Waals surface area contributed by atoms with E-state index in [1.807, 2.05) is 49.4 Å². The lowest BCUT2D eigenvalue weighted by Crippen LogP contribution is -2.13. The fourth-order valence-corrected chi connectivity index (χ4v) is 3.95. The van der Waals surface area contributed by atoms with Crippen molar-refractivity contribution in [3.8, 4) is 0 Å². The van der Waals surface area contributed by atoms with Crippen LogP contribution in [0.15, 0.2) is 71.1 Å². The molecule has 6 heteroatoms. The summed E-state index contributed by atoms with van der Waals surface area (Å²) in [6, 6.07) is 15.4. The highest BCUT2D eigenvalue weighted by atomic mass is 32.2. The fourth-order valence-electron chi connectivity index (χ4n) is 2.96. The third-order valence-corrected chi connectivity index (χ3v) is 5.33. The van der Waals surface area contributed by atoms with E-state index in [-0.39, 0.29) is 10.8 Å². The van der Waals surface area contributed by atoms with Gasteiger partial charge in [0.15, 0.2) is 5.16 Å². The molecule has 0 aliphatic carbocycles. The summed E-state index contributed by atoms with van der Waals surface area (Å²) in [6.45, 7) is 6.55. The molecule has 130 valence electrons. The summed E-state index contributed by atoms with van der Waals surface area (Å²) in [7, 11) is 0. The van der Waals surface area contributed by atoms with Crippen LogP contribution in [-0.2, 0) is 6.54 Å². The van der Waals surface area contributed by atoms with Crippen LogP contribution in [0.25, 0.3) is 21.9 Å². The molecule has 0 amide bonds. The van der Waals surface area contributed by atoms with Crippen molar-refractivity contribution < 1.29 is 0 Å². The van der Waals surface area contributed by atoms with Crippen LogP contribution in [0.3, 0.4) is 0 Å². The van der Waals surface area contributed by atoms with E-state index in [9.17, 15) is 4.79 Å². The van der Waals surface area contributed by atoms with Crippen LogP contribution in [0.2, 0.25) is 0 Å². The van der Waals surface area contributed by atoms with Gasteiger partial charge in [0.25, 0.3) is 5.56 Å². The van der Waals surface area contributed by atoms with Crippen molar-refractivity contribution in [1.82, 2.24) is 19.5 Å². The minimum absolute atomic E-state index is 0.0484. The molecule has 1 unspecified atom stereocenters. The first-order chi connectivity index (χ1) is 12.7. The first kappa shape index (κ1) is 16.6. The Hall–Kier alpha value is -2.86. The van der Waals surface area contributed by atoms with Crippen molar-refractivity contribution >= 4 is 33.7 Å². The molecule has 0 saturated heterocycles. The second-order valence-electron chi connectivity index (χ2n) is 6.01. The molecule has 4 rings (SSSR count). The largest absolute Gasteiger partial charge is 0.315 e. The smallest absolute Gasteiger partial charge is 0.258 e. The highest BCUT2D eigenvalue weighted by molar-refractivity contribution is 7.99. The number of aromatic amines is 1. The summed E-state index contributed by atoms with van der Waals surface area (Å²) in [5.74, 6) is 0.649. The molecule has 0 radical (unpaired) electrons. The van der Waals surface area contributed by atoms with E-state index < -0.39 is 0 Å². The molecule has 1 atom stereocenters. The predicted molar refractivity (Wildman–Crippen MR) is 107 cm³/mol. The Morgan fingerprint density at radius 1 is 1.15 bits per heavy atom. The van der Waals surface area contributed by atoms with Gasteiger partial charge in [0, 0.05) is 6.54 Å². The molecule has 0 fully saturated rings. The number of rotatable bonds is 5. The molecule has 5 nitrogen and oxygen atoms in total. The number of thioether (sulfide) groups is 1. The van der Waals surface area contributed by atoms with Gasteiger partial charge in [0.2, 0.25) is 0 Å². The molecule has 2 heterocycles. The average Bonchev–Trinajstić information content (AvgIpc) is 2.99. The summed E-state index contributed by atoms with van der Waals surface area (Å²) < 4.78 is 2.13. The number of imidazole rings is 1. The Kier molecular flexibility index (Phi) is 4.34. The Balaban J connectivity index is 1.73. The summed E-state index contributed by atoms with van der Waals surface area (Å²) in [5, 5.41) is 1.44. The summed E-state index contributed by atoms with van der Waals surface area (Å²) in [6.07, 6.45) is 1.86. The summed E-state index contributed by atoms with van der Waals surface area (Å²) in [4.78, 5) is 24.6. The molecule has 0 aliphatic heterocycles. The minimum Gasteiger partial charge on any atom is -0.315 e. The van der Waals surface area contributed by atoms with E-state index in [1.165, 1.54) is 0 Å². The molecule has 1 N–H and O–H groups in total. The van der Waals surface area contributed by atoms with Crippen molar-refractivity contribution in [3.63, 3.8) is 0 Å². The number of hydrogen-bond acceptors (Lipinski definition) is 4. The van der Waals surface area contributed by atoms with Crippen LogP contribution >= 0.6 is 11.8 Å². The number of hydrogen-bond donors (Lipinski definition) is 1. The minimum atomic E-state index is -0.113. The number of H-pyrrole nitrogens is 1. The molecule has 0 saturated carbocycles. The lowest BCUT2D eigenvalue weighted by Gasteiger charge is -2.12. The van der Waals surface area contributed by atoms with Gasteiger partial charge in [0.1, 0.15) is 5.82 Å². The Morgan fingerprint density at radius 2 is 1.88 bits per heavy atom. The van der Waals surface area contributed by atoms with Crippen LogP contribution < -0.4 is 5.56 Å². The van der Waals surface area contributed by atoms with Crippen LogP contribution in [0.5, 0.6) is 0 Å². The van der Waals surface area contributed by atoms with Crippen molar-refractivity contribution in [3.05, 3.63) is 77.4 Å². The molecule has 4 aromatic rings. The molecule has 2 aromatic heterocycles. The molecule has 0 spiro atoms. The van der Waals surface area contributed by atoms with Gasteiger partial charge in [-0.3, -0.25) is 4.79 Å². The van der Waals surface area contributed by atoms with Crippen LogP contribution in [0.4, 0.5) is 0 Å². The molecular weight excluding hydrogens is 344 g/mol. The van der Waals surface area contributed by atoms with E-state index in [4.69, 9.17) is 4.98 Å². The Labute approximate surface area is 154 Å². The maximum Gasteiger partial charge on any atom is 0.258 e. The number of fused-ring (bicyclic) bond motifs is 2. The highest BCUT2D eigenvalue weighted by Gasteiger charge is 2.17. The lowest BCUT2D eigenvalue weighted by molar-refractivity contribution is 0.744. The maximum absolute atomic E-state index is 12.3. The second-order valence-corrected chi connectivity index (χ2v) is 7.32. The second kappa shape index (κ2) is 6.80. The van der Waals surface area contributed by atoms with Gasteiger partial charge < -0.3 is 9.55 Å². The predicted octanol–water partition coefficient (Wildman–Crippen LogP) is 4.31. The number of aromatic nitrogens is 4. The van der Waals surface area contributed by atoms with Crippen molar-refractivity contribution in [2.75, 3.05) is 0 Å². The number of allylic oxidation sites excluding steroid dienone is 1.